The van der Waals surface area contributed by atoms with Gasteiger partial charge in [-0.15, -0.1) is 0 Å². The summed E-state index contributed by atoms with van der Waals surface area (Å²) in [6, 6.07) is 5.39. The van der Waals surface area contributed by atoms with E-state index < -0.39 is 9.84 Å². The summed E-state index contributed by atoms with van der Waals surface area (Å²) >= 11 is 0. The number of likely N-dealkylation sites (N-methyl/N-ethyl adjacent to an activating group) is 1. The molecule has 5 heteroatoms. The third kappa shape index (κ3) is 1.57. The molecule has 86 valence electrons. The van der Waals surface area contributed by atoms with Crippen LogP contribution in [0.5, 0.6) is 0 Å². The molecule has 1 aliphatic rings. The molecule has 1 aromatic rings. The number of hydrogen-bond acceptors (Lipinski definition) is 4. The second-order valence-corrected chi connectivity index (χ2v) is 5.62. The number of nitrogens with one attached hydrogen (secondary N) is 1. The van der Waals surface area contributed by atoms with Crippen molar-refractivity contribution in [3.05, 3.63) is 34.2 Å². The second kappa shape index (κ2) is 4.01. The van der Waals surface area contributed by atoms with Gasteiger partial charge in [-0.1, -0.05) is 18.2 Å². The number of fused-ring (bicyclic) bond motifs is 1. The summed E-state index contributed by atoms with van der Waals surface area (Å²) in [4.78, 5) is 0.786. The van der Waals surface area contributed by atoms with Crippen LogP contribution < -0.4 is 11.1 Å². The fourth-order valence-corrected chi connectivity index (χ4v) is 3.72. The van der Waals surface area contributed by atoms with Crippen LogP contribution in [-0.4, -0.2) is 22.0 Å². The molecule has 1 heterocycles. The lowest BCUT2D eigenvalue weighted by atomic mass is 10.1. The molecule has 0 radical (unpaired) electrons. The Bertz CT molecular complexity index is 547. The quantitative estimate of drug-likeness (QED) is 0.804. The summed E-state index contributed by atoms with van der Waals surface area (Å²) < 4.78 is 24.4. The molecule has 0 aromatic heterocycles. The van der Waals surface area contributed by atoms with E-state index in [-0.39, 0.29) is 6.54 Å². The first kappa shape index (κ1) is 11.3. The van der Waals surface area contributed by atoms with Gasteiger partial charge in [0.15, 0.2) is 0 Å². The van der Waals surface area contributed by atoms with Gasteiger partial charge in [0.05, 0.1) is 9.80 Å². The van der Waals surface area contributed by atoms with E-state index in [1.807, 2.05) is 6.07 Å². The standard InChI is InChI=1S/C11H14N2O2S/c1-13-7-10-5-8-3-2-4-9(6-12)11(8)16(10,14)15/h2-5,13H,6-7,12H2,1H3. The van der Waals surface area contributed by atoms with Gasteiger partial charge >= 0.3 is 0 Å². The van der Waals surface area contributed by atoms with Crippen molar-refractivity contribution in [1.29, 1.82) is 0 Å². The minimum atomic E-state index is -3.33. The first-order chi connectivity index (χ1) is 7.61. The molecule has 0 bridgehead atoms. The zero-order chi connectivity index (χ0) is 11.8. The van der Waals surface area contributed by atoms with Gasteiger partial charge in [-0.05, 0) is 24.3 Å². The minimum Gasteiger partial charge on any atom is -0.326 e. The first-order valence-corrected chi connectivity index (χ1v) is 6.52. The SMILES string of the molecule is CNCC1=Cc2cccc(CN)c2S1(=O)=O. The van der Waals surface area contributed by atoms with Crippen molar-refractivity contribution >= 4 is 15.9 Å². The summed E-state index contributed by atoms with van der Waals surface area (Å²) in [6.45, 7) is 0.587. The molecule has 0 atom stereocenters. The van der Waals surface area contributed by atoms with E-state index in [0.29, 0.717) is 21.9 Å². The Kier molecular flexibility index (Phi) is 2.84. The van der Waals surface area contributed by atoms with E-state index in [2.05, 4.69) is 5.32 Å². The summed E-state index contributed by atoms with van der Waals surface area (Å²) in [5.41, 5.74) is 6.98. The molecule has 0 fully saturated rings. The van der Waals surface area contributed by atoms with E-state index in [0.717, 1.165) is 5.56 Å². The fourth-order valence-electron chi connectivity index (χ4n) is 1.91. The lowest BCUT2D eigenvalue weighted by Gasteiger charge is -2.07. The van der Waals surface area contributed by atoms with Crippen LogP contribution in [0.2, 0.25) is 0 Å². The Morgan fingerprint density at radius 1 is 1.38 bits per heavy atom. The van der Waals surface area contributed by atoms with Gasteiger partial charge in [0.2, 0.25) is 9.84 Å². The lowest BCUT2D eigenvalue weighted by Crippen LogP contribution is -2.16. The second-order valence-electron chi connectivity index (χ2n) is 3.68. The zero-order valence-electron chi connectivity index (χ0n) is 9.03. The molecule has 0 unspecified atom stereocenters. The van der Waals surface area contributed by atoms with Gasteiger partial charge in [-0.3, -0.25) is 0 Å². The number of nitrogens with two attached hydrogens (primary N) is 1. The fraction of sp³-hybridized carbons (Fsp3) is 0.273. The summed E-state index contributed by atoms with van der Waals surface area (Å²) in [5, 5.41) is 2.86. The maximum Gasteiger partial charge on any atom is 0.204 e. The van der Waals surface area contributed by atoms with Crippen molar-refractivity contribution in [1.82, 2.24) is 5.32 Å². The van der Waals surface area contributed by atoms with Crippen LogP contribution in [0.1, 0.15) is 11.1 Å². The van der Waals surface area contributed by atoms with Crippen LogP contribution in [0.4, 0.5) is 0 Å². The Morgan fingerprint density at radius 3 is 2.75 bits per heavy atom. The number of rotatable bonds is 3. The van der Waals surface area contributed by atoms with E-state index in [9.17, 15) is 8.42 Å². The van der Waals surface area contributed by atoms with Crippen molar-refractivity contribution < 1.29 is 8.42 Å². The van der Waals surface area contributed by atoms with E-state index in [1.165, 1.54) is 0 Å². The largest absolute Gasteiger partial charge is 0.326 e. The highest BCUT2D eigenvalue weighted by atomic mass is 32.2. The van der Waals surface area contributed by atoms with Crippen molar-refractivity contribution in [3.63, 3.8) is 0 Å². The lowest BCUT2D eigenvalue weighted by molar-refractivity contribution is 0.600. The molecule has 0 spiro atoms. The van der Waals surface area contributed by atoms with Gasteiger partial charge in [0.25, 0.3) is 0 Å². The van der Waals surface area contributed by atoms with Crippen LogP contribution in [-0.2, 0) is 16.4 Å². The zero-order valence-corrected chi connectivity index (χ0v) is 9.84. The van der Waals surface area contributed by atoms with Crippen LogP contribution in [0, 0.1) is 0 Å². The topological polar surface area (TPSA) is 72.2 Å². The first-order valence-electron chi connectivity index (χ1n) is 5.03. The highest BCUT2D eigenvalue weighted by Crippen LogP contribution is 2.34. The maximum atomic E-state index is 12.2. The average molecular weight is 238 g/mol. The molecule has 3 N–H and O–H groups in total. The van der Waals surface area contributed by atoms with E-state index in [4.69, 9.17) is 5.73 Å². The van der Waals surface area contributed by atoms with Gasteiger partial charge < -0.3 is 11.1 Å². The highest BCUT2D eigenvalue weighted by Gasteiger charge is 2.30. The molecule has 4 nitrogen and oxygen atoms in total. The number of benzene rings is 1. The van der Waals surface area contributed by atoms with Gasteiger partial charge in [0.1, 0.15) is 0 Å². The smallest absolute Gasteiger partial charge is 0.204 e. The van der Waals surface area contributed by atoms with E-state index in [1.54, 1.807) is 25.3 Å². The number of sulfone groups is 1. The van der Waals surface area contributed by atoms with Crippen LogP contribution in [0.3, 0.4) is 0 Å². The Morgan fingerprint density at radius 2 is 2.12 bits per heavy atom. The van der Waals surface area contributed by atoms with Gasteiger partial charge in [-0.2, -0.15) is 0 Å². The Balaban J connectivity index is 2.62. The summed E-state index contributed by atoms with van der Waals surface area (Å²) in [7, 11) is -1.61. The third-order valence-electron chi connectivity index (χ3n) is 2.63. The van der Waals surface area contributed by atoms with Crippen molar-refractivity contribution in [3.8, 4) is 0 Å². The predicted molar refractivity (Wildman–Crippen MR) is 63.4 cm³/mol. The van der Waals surface area contributed by atoms with Crippen LogP contribution >= 0.6 is 0 Å². The molecule has 16 heavy (non-hydrogen) atoms. The third-order valence-corrected chi connectivity index (χ3v) is 4.62. The monoisotopic (exact) mass is 238 g/mol. The maximum absolute atomic E-state index is 12.2. The predicted octanol–water partition coefficient (Wildman–Crippen LogP) is 0.493. The summed E-state index contributed by atoms with van der Waals surface area (Å²) in [5.74, 6) is 0. The van der Waals surface area contributed by atoms with Gasteiger partial charge in [0, 0.05) is 13.1 Å². The van der Waals surface area contributed by atoms with E-state index >= 15 is 0 Å². The minimum absolute atomic E-state index is 0.239. The van der Waals surface area contributed by atoms with Crippen molar-refractivity contribution in [2.75, 3.05) is 13.6 Å². The van der Waals surface area contributed by atoms with Crippen LogP contribution in [0.25, 0.3) is 6.08 Å². The molecule has 2 rings (SSSR count). The Hall–Kier alpha value is -1.17. The molecular formula is C11H14N2O2S. The summed E-state index contributed by atoms with van der Waals surface area (Å²) in [6.07, 6.45) is 1.71. The molecule has 0 saturated heterocycles. The molecule has 0 aliphatic carbocycles. The molecular weight excluding hydrogens is 224 g/mol. The molecule has 0 saturated carbocycles. The number of hydrogen-bond donors (Lipinski definition) is 2. The Labute approximate surface area is 95.1 Å². The van der Waals surface area contributed by atoms with Gasteiger partial charge in [-0.25, -0.2) is 8.42 Å². The molecule has 1 aromatic carbocycles. The van der Waals surface area contributed by atoms with Crippen molar-refractivity contribution in [2.24, 2.45) is 5.73 Å². The molecule has 0 amide bonds. The van der Waals surface area contributed by atoms with Crippen molar-refractivity contribution in [2.45, 2.75) is 11.4 Å². The van der Waals surface area contributed by atoms with Crippen LogP contribution in [0.15, 0.2) is 28.0 Å². The highest BCUT2D eigenvalue weighted by molar-refractivity contribution is 7.96. The average Bonchev–Trinajstić information content (AvgIpc) is 2.52. The molecule has 1 aliphatic heterocycles. The normalized spacial score (nSPS) is 17.0.